The molecule has 146 valence electrons. The van der Waals surface area contributed by atoms with Crippen molar-refractivity contribution in [1.29, 1.82) is 0 Å². The number of nitrogens with one attached hydrogen (secondary N) is 1. The van der Waals surface area contributed by atoms with E-state index in [1.54, 1.807) is 42.6 Å². The van der Waals surface area contributed by atoms with Crippen LogP contribution in [0.3, 0.4) is 0 Å². The molecule has 6 nitrogen and oxygen atoms in total. The molecular weight excluding hydrogens is 364 g/mol. The molecule has 1 unspecified atom stereocenters. The Hall–Kier alpha value is -2.25. The van der Waals surface area contributed by atoms with Gasteiger partial charge in [-0.3, -0.25) is 0 Å². The lowest BCUT2D eigenvalue weighted by atomic mass is 9.91. The molecule has 1 atom stereocenters. The van der Waals surface area contributed by atoms with Gasteiger partial charge in [-0.2, -0.15) is 0 Å². The van der Waals surface area contributed by atoms with E-state index in [1.165, 1.54) is 4.88 Å². The smallest absolute Gasteiger partial charge is 0.317 e. The maximum atomic E-state index is 12.8. The van der Waals surface area contributed by atoms with Crippen LogP contribution in [-0.4, -0.2) is 43.3 Å². The number of aliphatic hydroxyl groups is 1. The van der Waals surface area contributed by atoms with Crippen LogP contribution >= 0.6 is 11.3 Å². The van der Waals surface area contributed by atoms with Crippen LogP contribution in [0.5, 0.6) is 11.5 Å². The maximum Gasteiger partial charge on any atom is 0.317 e. The van der Waals surface area contributed by atoms with Crippen molar-refractivity contribution in [2.75, 3.05) is 27.3 Å². The van der Waals surface area contributed by atoms with Crippen LogP contribution in [0.15, 0.2) is 29.6 Å². The lowest BCUT2D eigenvalue weighted by Gasteiger charge is -2.34. The van der Waals surface area contributed by atoms with Gasteiger partial charge in [-0.15, -0.1) is 11.3 Å². The molecule has 0 spiro atoms. The van der Waals surface area contributed by atoms with E-state index in [2.05, 4.69) is 25.2 Å². The highest BCUT2D eigenvalue weighted by molar-refractivity contribution is 7.10. The maximum absolute atomic E-state index is 12.8. The summed E-state index contributed by atoms with van der Waals surface area (Å²) in [6.45, 7) is 5.29. The number of hydrogen-bond acceptors (Lipinski definition) is 5. The van der Waals surface area contributed by atoms with Crippen molar-refractivity contribution < 1.29 is 19.4 Å². The summed E-state index contributed by atoms with van der Waals surface area (Å²) in [5.74, 6) is 1.25. The number of hydrogen-bond donors (Lipinski definition) is 2. The Morgan fingerprint density at radius 2 is 2.00 bits per heavy atom. The molecule has 27 heavy (non-hydrogen) atoms. The Balaban J connectivity index is 1.75. The Kier molecular flexibility index (Phi) is 5.62. The fourth-order valence-electron chi connectivity index (χ4n) is 3.39. The summed E-state index contributed by atoms with van der Waals surface area (Å²) >= 11 is 1.68. The third kappa shape index (κ3) is 3.89. The van der Waals surface area contributed by atoms with Gasteiger partial charge in [0.2, 0.25) is 0 Å². The number of thiophene rings is 1. The van der Waals surface area contributed by atoms with E-state index in [4.69, 9.17) is 9.47 Å². The van der Waals surface area contributed by atoms with Crippen molar-refractivity contribution >= 4 is 17.4 Å². The average Bonchev–Trinajstić information content (AvgIpc) is 3.21. The number of β-amino-alcohol motifs (C(OH)–C–C–N with tert-alkyl or cyclic N) is 1. The zero-order valence-corrected chi connectivity index (χ0v) is 16.9. The highest BCUT2D eigenvalue weighted by Gasteiger charge is 2.32. The molecular formula is C20H26N2O4S. The molecule has 2 N–H and O–H groups in total. The van der Waals surface area contributed by atoms with E-state index >= 15 is 0 Å². The number of ether oxygens (including phenoxy) is 2. The molecule has 0 saturated heterocycles. The van der Waals surface area contributed by atoms with E-state index in [1.807, 2.05) is 11.4 Å². The molecule has 7 heteroatoms. The fraction of sp³-hybridized carbons (Fsp3) is 0.450. The number of amides is 2. The highest BCUT2D eigenvalue weighted by Crippen LogP contribution is 2.39. The van der Waals surface area contributed by atoms with Crippen LogP contribution in [0.4, 0.5) is 4.79 Å². The van der Waals surface area contributed by atoms with Crippen LogP contribution in [0.2, 0.25) is 0 Å². The van der Waals surface area contributed by atoms with E-state index in [9.17, 15) is 9.90 Å². The Morgan fingerprint density at radius 1 is 1.30 bits per heavy atom. The van der Waals surface area contributed by atoms with Crippen molar-refractivity contribution in [1.82, 2.24) is 10.2 Å². The van der Waals surface area contributed by atoms with Crippen molar-refractivity contribution in [3.63, 3.8) is 0 Å². The molecule has 0 saturated carbocycles. The summed E-state index contributed by atoms with van der Waals surface area (Å²) in [6.07, 6.45) is -0.824. The minimum Gasteiger partial charge on any atom is -0.496 e. The number of methoxy groups -OCH3 is 2. The van der Waals surface area contributed by atoms with Gasteiger partial charge < -0.3 is 24.8 Å². The first kappa shape index (κ1) is 19.5. The quantitative estimate of drug-likeness (QED) is 0.822. The van der Waals surface area contributed by atoms with Gasteiger partial charge in [0.15, 0.2) is 0 Å². The topological polar surface area (TPSA) is 71.0 Å². The SMILES string of the molecule is COc1ccc(OC)c2c1CN(C(=O)NCC(C)(C)c1cccs1)CC2O. The Labute approximate surface area is 163 Å². The van der Waals surface area contributed by atoms with Crippen LogP contribution in [0.25, 0.3) is 0 Å². The number of nitrogens with zero attached hydrogens (tertiary/aromatic N) is 1. The first-order chi connectivity index (χ1) is 12.9. The van der Waals surface area contributed by atoms with Crippen molar-refractivity contribution in [2.24, 2.45) is 0 Å². The average molecular weight is 391 g/mol. The fourth-order valence-corrected chi connectivity index (χ4v) is 4.24. The monoisotopic (exact) mass is 390 g/mol. The van der Waals surface area contributed by atoms with Gasteiger partial charge in [0, 0.05) is 28.0 Å². The molecule has 1 aromatic carbocycles. The van der Waals surface area contributed by atoms with E-state index < -0.39 is 6.10 Å². The van der Waals surface area contributed by atoms with Gasteiger partial charge in [0.1, 0.15) is 17.6 Å². The standard InChI is InChI=1S/C20H26N2O4S/c1-20(2,17-6-5-9-27-17)12-21-19(24)22-10-13-15(25-3)7-8-16(26-4)18(13)14(23)11-22/h5-9,14,23H,10-12H2,1-4H3,(H,21,24). The molecule has 1 aromatic heterocycles. The summed E-state index contributed by atoms with van der Waals surface area (Å²) in [5, 5.41) is 15.7. The second-order valence-corrected chi connectivity index (χ2v) is 8.23. The molecule has 1 aliphatic rings. The van der Waals surface area contributed by atoms with E-state index in [0.29, 0.717) is 30.2 Å². The molecule has 0 fully saturated rings. The van der Waals surface area contributed by atoms with Gasteiger partial charge >= 0.3 is 6.03 Å². The van der Waals surface area contributed by atoms with Crippen LogP contribution in [0, 0.1) is 0 Å². The molecule has 2 amide bonds. The van der Waals surface area contributed by atoms with E-state index in [0.717, 1.165) is 5.56 Å². The number of benzene rings is 1. The largest absolute Gasteiger partial charge is 0.496 e. The first-order valence-corrected chi connectivity index (χ1v) is 9.74. The molecule has 1 aliphatic heterocycles. The molecule has 0 radical (unpaired) electrons. The van der Waals surface area contributed by atoms with Gasteiger partial charge in [-0.05, 0) is 23.6 Å². The third-order valence-corrected chi connectivity index (χ3v) is 6.18. The second kappa shape index (κ2) is 7.78. The van der Waals surface area contributed by atoms with Crippen molar-refractivity contribution in [3.05, 3.63) is 45.6 Å². The van der Waals surface area contributed by atoms with Crippen LogP contribution < -0.4 is 14.8 Å². The van der Waals surface area contributed by atoms with Crippen molar-refractivity contribution in [2.45, 2.75) is 31.9 Å². The highest BCUT2D eigenvalue weighted by atomic mass is 32.1. The summed E-state index contributed by atoms with van der Waals surface area (Å²) in [5.41, 5.74) is 1.32. The number of carbonyl (C=O) groups is 1. The van der Waals surface area contributed by atoms with E-state index in [-0.39, 0.29) is 18.0 Å². The van der Waals surface area contributed by atoms with Gasteiger partial charge in [-0.1, -0.05) is 19.9 Å². The van der Waals surface area contributed by atoms with Crippen LogP contribution in [-0.2, 0) is 12.0 Å². The predicted octanol–water partition coefficient (Wildman–Crippen LogP) is 3.30. The summed E-state index contributed by atoms with van der Waals surface area (Å²) in [6, 6.07) is 7.47. The normalized spacial score (nSPS) is 16.6. The summed E-state index contributed by atoms with van der Waals surface area (Å²) in [7, 11) is 3.15. The minimum absolute atomic E-state index is 0.156. The third-order valence-electron chi connectivity index (χ3n) is 4.95. The Bertz CT molecular complexity index is 805. The molecule has 2 heterocycles. The molecule has 3 rings (SSSR count). The lowest BCUT2D eigenvalue weighted by molar-refractivity contribution is 0.100. The number of aliphatic hydroxyl groups excluding tert-OH is 1. The molecule has 0 bridgehead atoms. The molecule has 0 aliphatic carbocycles. The Morgan fingerprint density at radius 3 is 2.63 bits per heavy atom. The minimum atomic E-state index is -0.824. The lowest BCUT2D eigenvalue weighted by Crippen LogP contribution is -2.47. The van der Waals surface area contributed by atoms with Gasteiger partial charge in [0.05, 0.1) is 27.3 Å². The molecule has 2 aromatic rings. The number of rotatable bonds is 5. The second-order valence-electron chi connectivity index (χ2n) is 7.28. The predicted molar refractivity (Wildman–Crippen MR) is 106 cm³/mol. The van der Waals surface area contributed by atoms with Gasteiger partial charge in [0.25, 0.3) is 0 Å². The number of fused-ring (bicyclic) bond motifs is 1. The summed E-state index contributed by atoms with van der Waals surface area (Å²) in [4.78, 5) is 15.6. The van der Waals surface area contributed by atoms with Crippen molar-refractivity contribution in [3.8, 4) is 11.5 Å². The number of carbonyl (C=O) groups excluding carboxylic acids is 1. The number of urea groups is 1. The zero-order valence-electron chi connectivity index (χ0n) is 16.1. The van der Waals surface area contributed by atoms with Gasteiger partial charge in [-0.25, -0.2) is 4.79 Å². The first-order valence-electron chi connectivity index (χ1n) is 8.86. The summed E-state index contributed by atoms with van der Waals surface area (Å²) < 4.78 is 10.8. The zero-order chi connectivity index (χ0) is 19.6. The van der Waals surface area contributed by atoms with Crippen LogP contribution in [0.1, 0.15) is 36.0 Å².